The summed E-state index contributed by atoms with van der Waals surface area (Å²) in [6, 6.07) is -0.797. The van der Waals surface area contributed by atoms with Crippen molar-refractivity contribution in [3.05, 3.63) is 46.0 Å². The third-order valence-electron chi connectivity index (χ3n) is 6.90. The maximum atomic E-state index is 15.8. The van der Waals surface area contributed by atoms with Gasteiger partial charge < -0.3 is 0 Å². The summed E-state index contributed by atoms with van der Waals surface area (Å²) >= 11 is 0. The molecule has 22 nitrogen and oxygen atoms in total. The van der Waals surface area contributed by atoms with E-state index >= 15 is 4.39 Å². The number of furan rings is 1. The number of nitrogen functional groups attached to an aromatic ring is 1. The Kier molecular flexibility index (Phi) is 6.87. The van der Waals surface area contributed by atoms with Gasteiger partial charge in [-0.05, 0) is 0 Å². The average Bonchev–Trinajstić information content (AvgIpc) is 3.72. The van der Waals surface area contributed by atoms with Crippen LogP contribution in [0.5, 0.6) is 5.75 Å². The molecule has 25 heteroatoms. The molecule has 11 N–H and O–H groups in total. The van der Waals surface area contributed by atoms with Crippen molar-refractivity contribution in [2.75, 3.05) is 24.0 Å². The van der Waals surface area contributed by atoms with Crippen LogP contribution in [0.15, 0.2) is 33.3 Å². The van der Waals surface area contributed by atoms with Gasteiger partial charge >= 0.3 is 248 Å². The number of fused-ring (bicyclic) bond motifs is 5. The van der Waals surface area contributed by atoms with Gasteiger partial charge in [-0.1, -0.05) is 0 Å². The van der Waals surface area contributed by atoms with E-state index in [1.807, 2.05) is 0 Å². The summed E-state index contributed by atoms with van der Waals surface area (Å²) in [5, 5.41) is 19.3. The molecule has 7 rings (SSSR count). The molecule has 1 amide bonds. The number of aliphatic hydroxyl groups is 1. The van der Waals surface area contributed by atoms with E-state index in [9.17, 15) is 34.3 Å². The van der Waals surface area contributed by atoms with Crippen LogP contribution in [-0.2, 0) is 29.7 Å². The summed E-state index contributed by atoms with van der Waals surface area (Å²) in [5.74, 6) is -5.84. The van der Waals surface area contributed by atoms with E-state index in [-0.39, 0.29) is 36.4 Å². The van der Waals surface area contributed by atoms with Crippen molar-refractivity contribution in [3.8, 4) is 5.75 Å². The van der Waals surface area contributed by atoms with Gasteiger partial charge in [-0.2, -0.15) is 0 Å². The Morgan fingerprint density at radius 3 is 2.73 bits per heavy atom. The Hall–Kier alpha value is -4.15. The Morgan fingerprint density at radius 1 is 1.13 bits per heavy atom. The minimum absolute atomic E-state index is 0.0622. The van der Waals surface area contributed by atoms with Crippen molar-refractivity contribution >= 4 is 51.1 Å². The summed E-state index contributed by atoms with van der Waals surface area (Å²) in [7, 11) is -10.8. The van der Waals surface area contributed by atoms with E-state index < -0.39 is 87.4 Å². The number of anilines is 2. The molecule has 2 fully saturated rings. The van der Waals surface area contributed by atoms with Crippen molar-refractivity contribution in [1.82, 2.24) is 35.5 Å². The minimum atomic E-state index is -5.39. The molecule has 3 atom stereocenters. The Labute approximate surface area is 248 Å². The van der Waals surface area contributed by atoms with E-state index in [2.05, 4.69) is 30.9 Å². The number of H-pyrrole nitrogens is 1. The number of hydrogen-bond donors (Lipinski definition) is 10. The maximum absolute atomic E-state index is 15.8. The molecule has 0 saturated carbocycles. The van der Waals surface area contributed by atoms with Crippen molar-refractivity contribution in [1.29, 1.82) is 0 Å². The molecule has 0 spiro atoms. The standard InChI is InChI=1S/C20H24FN9O13P2/c21-8-12-7(41-18(8)29-4-25-9-14(29)23-3-24-16(9)32)2-39-45(36,37)43-13-11(31)6(1-38-44(34,35)42-12)40-19(13)30-5-26-10-15(30)27-20(22)28-17(10)33/h1,5,9,11,14,23,25,31,34-37,44-45H,2-4H2,(H,24,32)(H3,22,27,28,33)/b6-1+/t9-,11-,14?/m1/s1. The first-order chi connectivity index (χ1) is 21.3. The summed E-state index contributed by atoms with van der Waals surface area (Å²) in [6.45, 7) is -1.01. The number of nitrogens with two attached hydrogens (primary N) is 1. The molecular formula is C20H24FN9O13P2. The van der Waals surface area contributed by atoms with Crippen LogP contribution in [0.4, 0.5) is 16.2 Å². The number of hydrogen-bond acceptors (Lipinski definition) is 19. The second kappa shape index (κ2) is 10.5. The van der Waals surface area contributed by atoms with E-state index in [4.69, 9.17) is 33.0 Å². The first-order valence-electron chi connectivity index (χ1n) is 12.8. The number of imidazole rings is 1. The molecule has 3 aromatic rings. The van der Waals surface area contributed by atoms with Crippen LogP contribution in [0, 0.1) is 5.82 Å². The summed E-state index contributed by atoms with van der Waals surface area (Å²) in [4.78, 5) is 78.5. The SMILES string of the molecule is Nc1nc2c(ncn2C2=C3O[PH](O)(O)OCc4oc(N5CN[C@H]6C(=O)NCNC65)c(F)c4O[PH](O)(O)O/C=C(/O2)[C@H]3O)c(=O)[nH]1. The molecule has 244 valence electrons. The van der Waals surface area contributed by atoms with E-state index in [1.54, 1.807) is 0 Å². The monoisotopic (exact) mass is 679 g/mol. The number of amides is 1. The summed E-state index contributed by atoms with van der Waals surface area (Å²) in [6.07, 6.45) is -1.25. The number of aromatic nitrogens is 4. The number of carbonyl (C=O) groups excluding carboxylic acids is 1. The molecule has 3 aromatic heterocycles. The zero-order chi connectivity index (χ0) is 31.8. The quantitative estimate of drug-likeness (QED) is 0.120. The van der Waals surface area contributed by atoms with Gasteiger partial charge in [0.2, 0.25) is 0 Å². The van der Waals surface area contributed by atoms with Gasteiger partial charge in [0.05, 0.1) is 0 Å². The van der Waals surface area contributed by atoms with Crippen molar-refractivity contribution < 1.29 is 61.1 Å². The van der Waals surface area contributed by atoms with Crippen LogP contribution < -0.4 is 36.7 Å². The van der Waals surface area contributed by atoms with Crippen LogP contribution in [0.3, 0.4) is 0 Å². The molecule has 0 aromatic carbocycles. The molecule has 0 aliphatic carbocycles. The van der Waals surface area contributed by atoms with E-state index in [1.165, 1.54) is 4.90 Å². The Bertz CT molecular complexity index is 1840. The number of nitrogens with zero attached hydrogens (tertiary/aromatic N) is 4. The second-order valence-corrected chi connectivity index (χ2v) is 12.9. The van der Waals surface area contributed by atoms with E-state index in [0.717, 1.165) is 10.9 Å². The number of carbonyl (C=O) groups is 1. The van der Waals surface area contributed by atoms with Crippen molar-refractivity contribution in [2.45, 2.75) is 24.9 Å². The number of halogens is 1. The first kappa shape index (κ1) is 29.6. The topological polar surface area (TPSA) is 306 Å². The molecule has 0 radical (unpaired) electrons. The predicted octanol–water partition coefficient (Wildman–Crippen LogP) is -3.04. The third-order valence-corrected chi connectivity index (χ3v) is 8.80. The van der Waals surface area contributed by atoms with Crippen molar-refractivity contribution in [3.63, 3.8) is 0 Å². The van der Waals surface area contributed by atoms with Gasteiger partial charge in [0.25, 0.3) is 0 Å². The van der Waals surface area contributed by atoms with Gasteiger partial charge in [-0.3, -0.25) is 0 Å². The van der Waals surface area contributed by atoms with Gasteiger partial charge in [-0.15, -0.1) is 0 Å². The zero-order valence-electron chi connectivity index (χ0n) is 22.3. The summed E-state index contributed by atoms with van der Waals surface area (Å²) in [5.41, 5.74) is 4.48. The number of aromatic amines is 1. The molecule has 4 aliphatic rings. The fourth-order valence-corrected chi connectivity index (χ4v) is 6.58. The van der Waals surface area contributed by atoms with Crippen LogP contribution >= 0.6 is 16.3 Å². The number of nitrogens with one attached hydrogen (secondary N) is 4. The molecule has 45 heavy (non-hydrogen) atoms. The fraction of sp³-hybridized carbons (Fsp3) is 0.300. The molecule has 2 bridgehead atoms. The molecule has 1 unspecified atom stereocenters. The van der Waals surface area contributed by atoms with Crippen LogP contribution in [0.1, 0.15) is 5.76 Å². The first-order valence-corrected chi connectivity index (χ1v) is 16.2. The van der Waals surface area contributed by atoms with Gasteiger partial charge in [0.15, 0.2) is 0 Å². The fourth-order valence-electron chi connectivity index (χ4n) is 4.93. The van der Waals surface area contributed by atoms with Crippen molar-refractivity contribution in [2.24, 2.45) is 0 Å². The molecule has 4 aliphatic heterocycles. The number of aliphatic hydroxyl groups excluding tert-OH is 1. The average molecular weight is 679 g/mol. The Morgan fingerprint density at radius 2 is 1.93 bits per heavy atom. The van der Waals surface area contributed by atoms with Crippen LogP contribution in [0.25, 0.3) is 17.0 Å². The number of rotatable bonds is 2. The molecule has 7 heterocycles. The van der Waals surface area contributed by atoms with E-state index in [0.29, 0.717) is 6.26 Å². The molecular weight excluding hydrogens is 655 g/mol. The molecule has 2 saturated heterocycles. The van der Waals surface area contributed by atoms with Gasteiger partial charge in [0, 0.05) is 0 Å². The normalized spacial score (nSPS) is 28.4. The predicted molar refractivity (Wildman–Crippen MR) is 147 cm³/mol. The number of ether oxygens (including phenoxy) is 1. The van der Waals surface area contributed by atoms with Gasteiger partial charge in [0.1, 0.15) is 0 Å². The second-order valence-electron chi connectivity index (χ2n) is 9.79. The summed E-state index contributed by atoms with van der Waals surface area (Å²) < 4.78 is 48.3. The van der Waals surface area contributed by atoms with Crippen LogP contribution in [-0.4, -0.2) is 81.8 Å². The van der Waals surface area contributed by atoms with Crippen LogP contribution in [0.2, 0.25) is 0 Å². The Balaban J connectivity index is 1.27. The zero-order valence-corrected chi connectivity index (χ0v) is 24.3. The van der Waals surface area contributed by atoms with Gasteiger partial charge in [-0.25, -0.2) is 0 Å². The third kappa shape index (κ3) is 5.10.